The van der Waals surface area contributed by atoms with Crippen LogP contribution >= 0.6 is 174 Å². The topological polar surface area (TPSA) is 0 Å². The van der Waals surface area contributed by atoms with Crippen molar-refractivity contribution in [1.29, 1.82) is 0 Å². The lowest BCUT2D eigenvalue weighted by Crippen LogP contribution is -2.51. The molecule has 2 aliphatic rings. The fourth-order valence-electron chi connectivity index (χ4n) is 2.23. The predicted molar refractivity (Wildman–Crippen MR) is 139 cm³/mol. The van der Waals surface area contributed by atoms with Gasteiger partial charge in [0, 0.05) is 0 Å². The lowest BCUT2D eigenvalue weighted by atomic mass is 9.98. The summed E-state index contributed by atoms with van der Waals surface area (Å²) in [4.78, 5) is 0. The highest BCUT2D eigenvalue weighted by molar-refractivity contribution is 9.31. The second kappa shape index (κ2) is 9.24. The van der Waals surface area contributed by atoms with Crippen molar-refractivity contribution in [1.82, 2.24) is 0 Å². The third kappa shape index (κ3) is 5.62. The molecule has 24 heavy (non-hydrogen) atoms. The molecule has 0 bridgehead atoms. The first-order chi connectivity index (χ1) is 10.4. The molecule has 0 nitrogen and oxygen atoms in total. The summed E-state index contributed by atoms with van der Waals surface area (Å²) in [5, 5.41) is 0. The number of alkyl halides is 12. The molecule has 0 aliphatic heterocycles. The normalized spacial score (nSPS) is 39.5. The van der Waals surface area contributed by atoms with Gasteiger partial charge in [-0.25, -0.2) is 0 Å². The second-order valence-corrected chi connectivity index (χ2v) is 22.8. The summed E-state index contributed by atoms with van der Waals surface area (Å²) in [5.41, 5.74) is 0. The van der Waals surface area contributed by atoms with E-state index in [1.807, 2.05) is 0 Å². The molecule has 0 N–H and O–H groups in total. The van der Waals surface area contributed by atoms with Crippen LogP contribution in [-0.4, -0.2) is 21.6 Å². The summed E-state index contributed by atoms with van der Waals surface area (Å²) >= 11 is 52.8. The third-order valence-corrected chi connectivity index (χ3v) is 20.7. The molecule has 0 aromatic rings. The van der Waals surface area contributed by atoms with Gasteiger partial charge in [0.05, 0.1) is 0 Å². The zero-order chi connectivity index (χ0) is 19.2. The number of halogens is 12. The van der Waals surface area contributed by atoms with Crippen molar-refractivity contribution < 1.29 is 0 Å². The van der Waals surface area contributed by atoms with Gasteiger partial charge in [-0.3, -0.25) is 0 Å². The van der Waals surface area contributed by atoms with E-state index < -0.39 is 15.1 Å². The molecule has 2 fully saturated rings. The van der Waals surface area contributed by atoms with E-state index in [0.717, 1.165) is 32.1 Å². The first-order valence-corrected chi connectivity index (χ1v) is 14.5. The van der Waals surface area contributed by atoms with Crippen molar-refractivity contribution in [2.75, 3.05) is 0 Å². The minimum atomic E-state index is -0.959. The first kappa shape index (κ1) is 27.0. The molecule has 12 heteroatoms. The molecular weight excluding hydrogens is 925 g/mol. The van der Waals surface area contributed by atoms with Crippen LogP contribution in [0.4, 0.5) is 0 Å². The average Bonchev–Trinajstić information content (AvgIpc) is 2.34. The van der Waals surface area contributed by atoms with Gasteiger partial charge in [0.25, 0.3) is 0 Å². The Bertz CT molecular complexity index is 386. The Morgan fingerprint density at radius 1 is 0.542 bits per heavy atom. The van der Waals surface area contributed by atoms with Crippen molar-refractivity contribution in [2.24, 2.45) is 0 Å². The molecule has 2 atom stereocenters. The van der Waals surface area contributed by atoms with Crippen LogP contribution in [-0.2, 0) is 0 Å². The van der Waals surface area contributed by atoms with Crippen molar-refractivity contribution in [3.05, 3.63) is 0 Å². The van der Waals surface area contributed by atoms with Gasteiger partial charge >= 0.3 is 0 Å². The number of hydrogen-bond acceptors (Lipinski definition) is 0. The fraction of sp³-hybridized carbons (Fsp3) is 1.00. The van der Waals surface area contributed by atoms with Crippen LogP contribution in [0.5, 0.6) is 0 Å². The zero-order valence-corrected chi connectivity index (χ0v) is 27.5. The summed E-state index contributed by atoms with van der Waals surface area (Å²) in [5.74, 6) is 0. The number of hydrogen-bond donors (Lipinski definition) is 0. The minimum Gasteiger partial charge on any atom is -0.104 e. The Hall–Kier alpha value is 5.00. The average molecular weight is 937 g/mol. The van der Waals surface area contributed by atoms with Crippen LogP contribution in [0.15, 0.2) is 0 Å². The Labute approximate surface area is 230 Å². The van der Waals surface area contributed by atoms with Crippen molar-refractivity contribution in [3.63, 3.8) is 0 Å². The van der Waals surface area contributed by atoms with E-state index in [4.69, 9.17) is 46.4 Å². The third-order valence-electron chi connectivity index (χ3n) is 3.80. The van der Waals surface area contributed by atoms with Crippen molar-refractivity contribution >= 4 is 174 Å². The van der Waals surface area contributed by atoms with Gasteiger partial charge in [0.1, 0.15) is 17.8 Å². The smallest absolute Gasteiger partial charge is 0.104 e. The lowest BCUT2D eigenvalue weighted by molar-refractivity contribution is 0.464. The van der Waals surface area contributed by atoms with Gasteiger partial charge < -0.3 is 0 Å². The van der Waals surface area contributed by atoms with Crippen LogP contribution in [0.1, 0.15) is 38.5 Å². The maximum absolute atomic E-state index is 6.31. The van der Waals surface area contributed by atoms with E-state index in [1.54, 1.807) is 0 Å². The van der Waals surface area contributed by atoms with Gasteiger partial charge in [0.15, 0.2) is 3.78 Å². The van der Waals surface area contributed by atoms with E-state index in [2.05, 4.69) is 127 Å². The quantitative estimate of drug-likeness (QED) is 0.212. The maximum atomic E-state index is 6.31. The number of rotatable bonds is 0. The summed E-state index contributed by atoms with van der Waals surface area (Å²) < 4.78 is -3.36. The molecule has 0 radical (unpaired) electrons. The maximum Gasteiger partial charge on any atom is 0.157 e. The molecule has 0 amide bonds. The van der Waals surface area contributed by atoms with Gasteiger partial charge in [-0.2, -0.15) is 0 Å². The lowest BCUT2D eigenvalue weighted by Gasteiger charge is -2.47. The Balaban J connectivity index is 0.000000240. The van der Waals surface area contributed by atoms with Crippen LogP contribution in [0.2, 0.25) is 0 Å². The molecule has 0 heterocycles. The molecule has 0 spiro atoms. The van der Waals surface area contributed by atoms with Crippen LogP contribution in [0.25, 0.3) is 0 Å². The van der Waals surface area contributed by atoms with Crippen molar-refractivity contribution in [3.8, 4) is 0 Å². The van der Waals surface area contributed by atoms with Gasteiger partial charge in [-0.05, 0) is 38.5 Å². The minimum absolute atomic E-state index is 0.212. The van der Waals surface area contributed by atoms with Gasteiger partial charge in [0.2, 0.25) is 0 Å². The van der Waals surface area contributed by atoms with E-state index in [1.165, 1.54) is 0 Å². The molecule has 2 unspecified atom stereocenters. The highest BCUT2D eigenvalue weighted by atomic mass is 79.9. The monoisotopic (exact) mass is 927 g/mol. The largest absolute Gasteiger partial charge is 0.157 e. The van der Waals surface area contributed by atoms with Gasteiger partial charge in [-0.15, -0.1) is 23.2 Å². The summed E-state index contributed by atoms with van der Waals surface area (Å²) in [6.07, 6.45) is 5.51. The predicted octanol–water partition coefficient (Wildman–Crippen LogP) is 10.6. The molecular formula is C12H12Br8Cl4. The Morgan fingerprint density at radius 3 is 1.29 bits per heavy atom. The molecule has 0 saturated heterocycles. The van der Waals surface area contributed by atoms with Crippen LogP contribution in [0.3, 0.4) is 0 Å². The van der Waals surface area contributed by atoms with Crippen molar-refractivity contribution in [2.45, 2.75) is 60.1 Å². The molecule has 0 aromatic heterocycles. The molecule has 144 valence electrons. The van der Waals surface area contributed by atoms with E-state index in [-0.39, 0.29) is 6.47 Å². The highest BCUT2D eigenvalue weighted by Crippen LogP contribution is 2.65. The SMILES string of the molecule is ClC1(Br)CCCC(Br)(Br)C1(Br)Br.ClC1(Cl)CCCC(Br)(Br)C1(Cl)Br. The summed E-state index contributed by atoms with van der Waals surface area (Å²) in [6.45, 7) is 0. The second-order valence-electron chi connectivity index (χ2n) is 5.67. The Morgan fingerprint density at radius 2 is 0.958 bits per heavy atom. The summed E-state index contributed by atoms with van der Waals surface area (Å²) in [7, 11) is 0. The molecule has 2 rings (SSSR count). The summed E-state index contributed by atoms with van der Waals surface area (Å²) in [6, 6.07) is 0. The molecule has 0 aromatic carbocycles. The van der Waals surface area contributed by atoms with Crippen LogP contribution < -0.4 is 0 Å². The fourth-order valence-corrected chi connectivity index (χ4v) is 8.80. The Kier molecular flexibility index (Phi) is 10.4. The molecule has 2 saturated carbocycles. The zero-order valence-electron chi connectivity index (χ0n) is 11.8. The van der Waals surface area contributed by atoms with E-state index in [0.29, 0.717) is 6.42 Å². The highest BCUT2D eigenvalue weighted by Gasteiger charge is 2.61. The van der Waals surface area contributed by atoms with Gasteiger partial charge in [-0.1, -0.05) is 151 Å². The van der Waals surface area contributed by atoms with Crippen LogP contribution in [0, 0.1) is 0 Å². The standard InChI is InChI=1S/C6H6Br5Cl.C6H6Br3Cl3/c7-4(8)2-1-3-5(9,12)6(4,10)11;7-4(8)2-1-3-5(10,11)6(4,9)12/h2*1-3H2. The first-order valence-electron chi connectivity index (χ1n) is 6.68. The molecule has 2 aliphatic carbocycles. The van der Waals surface area contributed by atoms with E-state index in [9.17, 15) is 0 Å². The van der Waals surface area contributed by atoms with E-state index >= 15 is 0 Å².